The van der Waals surface area contributed by atoms with Crippen LogP contribution in [-0.4, -0.2) is 40.8 Å². The van der Waals surface area contributed by atoms with Gasteiger partial charge in [0.15, 0.2) is 5.11 Å². The number of nitrogens with one attached hydrogen (secondary N) is 2. The second-order valence-corrected chi connectivity index (χ2v) is 8.08. The quantitative estimate of drug-likeness (QED) is 0.546. The van der Waals surface area contributed by atoms with Crippen molar-refractivity contribution in [3.8, 4) is 0 Å². The first-order valence-corrected chi connectivity index (χ1v) is 10.7. The van der Waals surface area contributed by atoms with Gasteiger partial charge in [-0.2, -0.15) is 0 Å². The van der Waals surface area contributed by atoms with Gasteiger partial charge in [0.2, 0.25) is 0 Å². The predicted octanol–water partition coefficient (Wildman–Crippen LogP) is 3.80. The number of fused-ring (bicyclic) bond motifs is 1. The Labute approximate surface area is 172 Å². The summed E-state index contributed by atoms with van der Waals surface area (Å²) in [7, 11) is 0. The zero-order chi connectivity index (χ0) is 20.1. The van der Waals surface area contributed by atoms with Crippen LogP contribution in [0.1, 0.15) is 49.3 Å². The minimum Gasteiger partial charge on any atom is -0.376 e. The van der Waals surface area contributed by atoms with Crippen LogP contribution in [0.3, 0.4) is 0 Å². The van der Waals surface area contributed by atoms with Crippen molar-refractivity contribution in [3.63, 3.8) is 0 Å². The van der Waals surface area contributed by atoms with Crippen molar-refractivity contribution in [1.29, 1.82) is 0 Å². The Hall–Kier alpha value is -1.92. The summed E-state index contributed by atoms with van der Waals surface area (Å²) in [5.74, 6) is 0. The first-order valence-electron chi connectivity index (χ1n) is 10.3. The Kier molecular flexibility index (Phi) is 7.08. The standard InChI is InChI=1S/C22H31N3O2S/c1-4-5-10-23-22(28)25(14-19-7-6-11-27-19)13-18-12-17-9-8-15(2)16(3)20(17)24-21(18)26/h8-9,12,19H,4-7,10-11,13-14H2,1-3H3,(H,23,28)(H,24,26). The van der Waals surface area contributed by atoms with E-state index in [9.17, 15) is 4.79 Å². The van der Waals surface area contributed by atoms with E-state index in [0.717, 1.165) is 60.9 Å². The van der Waals surface area contributed by atoms with E-state index in [-0.39, 0.29) is 11.7 Å². The van der Waals surface area contributed by atoms with E-state index in [4.69, 9.17) is 17.0 Å². The van der Waals surface area contributed by atoms with Crippen molar-refractivity contribution in [1.82, 2.24) is 15.2 Å². The number of hydrogen-bond donors (Lipinski definition) is 2. The molecule has 5 nitrogen and oxygen atoms in total. The van der Waals surface area contributed by atoms with Crippen molar-refractivity contribution >= 4 is 28.2 Å². The average Bonchev–Trinajstić information content (AvgIpc) is 3.19. The van der Waals surface area contributed by atoms with E-state index >= 15 is 0 Å². The molecule has 152 valence electrons. The summed E-state index contributed by atoms with van der Waals surface area (Å²) in [5.41, 5.74) is 3.90. The van der Waals surface area contributed by atoms with E-state index in [1.165, 1.54) is 5.56 Å². The van der Waals surface area contributed by atoms with Crippen LogP contribution >= 0.6 is 12.2 Å². The fraction of sp³-hybridized carbons (Fsp3) is 0.545. The highest BCUT2D eigenvalue weighted by Crippen LogP contribution is 2.20. The molecule has 1 atom stereocenters. The maximum absolute atomic E-state index is 12.8. The molecule has 2 heterocycles. The Balaban J connectivity index is 1.84. The molecule has 0 amide bonds. The van der Waals surface area contributed by atoms with Gasteiger partial charge in [0.05, 0.1) is 18.2 Å². The van der Waals surface area contributed by atoms with Crippen LogP contribution in [0.5, 0.6) is 0 Å². The second-order valence-electron chi connectivity index (χ2n) is 7.70. The summed E-state index contributed by atoms with van der Waals surface area (Å²) in [5, 5.41) is 5.09. The highest BCUT2D eigenvalue weighted by Gasteiger charge is 2.22. The summed E-state index contributed by atoms with van der Waals surface area (Å²) in [4.78, 5) is 17.9. The lowest BCUT2D eigenvalue weighted by molar-refractivity contribution is 0.0897. The molecule has 6 heteroatoms. The predicted molar refractivity (Wildman–Crippen MR) is 119 cm³/mol. The maximum atomic E-state index is 12.8. The third-order valence-electron chi connectivity index (χ3n) is 5.53. The lowest BCUT2D eigenvalue weighted by atomic mass is 10.0. The van der Waals surface area contributed by atoms with Gasteiger partial charge in [-0.25, -0.2) is 0 Å². The monoisotopic (exact) mass is 401 g/mol. The van der Waals surface area contributed by atoms with Gasteiger partial charge < -0.3 is 19.9 Å². The molecule has 1 aliphatic rings. The third kappa shape index (κ3) is 4.92. The molecule has 0 aliphatic carbocycles. The molecule has 2 aromatic rings. The van der Waals surface area contributed by atoms with Crippen LogP contribution in [-0.2, 0) is 11.3 Å². The van der Waals surface area contributed by atoms with Crippen LogP contribution in [0.25, 0.3) is 10.9 Å². The number of aromatic nitrogens is 1. The van der Waals surface area contributed by atoms with Crippen molar-refractivity contribution in [2.75, 3.05) is 19.7 Å². The number of aromatic amines is 1. The molecule has 0 radical (unpaired) electrons. The minimum atomic E-state index is -0.0464. The molecular weight excluding hydrogens is 370 g/mol. The van der Waals surface area contributed by atoms with Crippen LogP contribution in [0.2, 0.25) is 0 Å². The molecule has 1 saturated heterocycles. The first-order chi connectivity index (χ1) is 13.5. The smallest absolute Gasteiger partial charge is 0.253 e. The van der Waals surface area contributed by atoms with Crippen molar-refractivity contribution in [2.24, 2.45) is 0 Å². The van der Waals surface area contributed by atoms with E-state index in [1.54, 1.807) is 0 Å². The molecule has 3 rings (SSSR count). The van der Waals surface area contributed by atoms with Crippen LogP contribution in [0.4, 0.5) is 0 Å². The largest absolute Gasteiger partial charge is 0.376 e. The zero-order valence-corrected chi connectivity index (χ0v) is 18.0. The Morgan fingerprint density at radius 1 is 1.39 bits per heavy atom. The van der Waals surface area contributed by atoms with Crippen LogP contribution in [0.15, 0.2) is 23.0 Å². The molecule has 0 saturated carbocycles. The fourth-order valence-electron chi connectivity index (χ4n) is 3.63. The van der Waals surface area contributed by atoms with Crippen molar-refractivity contribution in [2.45, 2.75) is 59.1 Å². The molecule has 1 unspecified atom stereocenters. The topological polar surface area (TPSA) is 57.4 Å². The number of H-pyrrole nitrogens is 1. The molecule has 1 fully saturated rings. The summed E-state index contributed by atoms with van der Waals surface area (Å²) in [6.07, 6.45) is 4.49. The number of hydrogen-bond acceptors (Lipinski definition) is 3. The Bertz CT molecular complexity index is 887. The average molecular weight is 402 g/mol. The van der Waals surface area contributed by atoms with Gasteiger partial charge in [-0.3, -0.25) is 4.79 Å². The summed E-state index contributed by atoms with van der Waals surface area (Å²) < 4.78 is 5.81. The number of rotatable bonds is 7. The molecule has 0 bridgehead atoms. The fourth-order valence-corrected chi connectivity index (χ4v) is 3.87. The number of unbranched alkanes of at least 4 members (excludes halogenated alkanes) is 1. The van der Waals surface area contributed by atoms with E-state index < -0.39 is 0 Å². The second kappa shape index (κ2) is 9.52. The number of ether oxygens (including phenoxy) is 1. The summed E-state index contributed by atoms with van der Waals surface area (Å²) in [6, 6.07) is 6.16. The third-order valence-corrected chi connectivity index (χ3v) is 5.93. The molecule has 1 aromatic heterocycles. The zero-order valence-electron chi connectivity index (χ0n) is 17.1. The molecule has 28 heavy (non-hydrogen) atoms. The van der Waals surface area contributed by atoms with Crippen LogP contribution < -0.4 is 10.9 Å². The van der Waals surface area contributed by atoms with Gasteiger partial charge in [0, 0.05) is 25.3 Å². The molecule has 1 aromatic carbocycles. The minimum absolute atomic E-state index is 0.0464. The van der Waals surface area contributed by atoms with Gasteiger partial charge in [-0.15, -0.1) is 0 Å². The number of benzene rings is 1. The molecule has 2 N–H and O–H groups in total. The number of thiocarbonyl (C=S) groups is 1. The summed E-state index contributed by atoms with van der Waals surface area (Å²) in [6.45, 7) is 9.12. The maximum Gasteiger partial charge on any atom is 0.253 e. The van der Waals surface area contributed by atoms with Gasteiger partial charge in [0.25, 0.3) is 5.56 Å². The number of pyridine rings is 1. The molecule has 0 spiro atoms. The van der Waals surface area contributed by atoms with E-state index in [2.05, 4.69) is 41.2 Å². The van der Waals surface area contributed by atoms with Crippen molar-refractivity contribution in [3.05, 3.63) is 45.2 Å². The lowest BCUT2D eigenvalue weighted by Gasteiger charge is -2.28. The number of nitrogens with zero attached hydrogens (tertiary/aromatic N) is 1. The SMILES string of the molecule is CCCCNC(=S)N(Cc1cc2ccc(C)c(C)c2[nH]c1=O)CC1CCCO1. The highest BCUT2D eigenvalue weighted by molar-refractivity contribution is 7.80. The van der Waals surface area contributed by atoms with E-state index in [0.29, 0.717) is 18.2 Å². The van der Waals surface area contributed by atoms with Gasteiger partial charge in [-0.1, -0.05) is 25.5 Å². The Morgan fingerprint density at radius 3 is 2.93 bits per heavy atom. The molecular formula is C22H31N3O2S. The van der Waals surface area contributed by atoms with Crippen molar-refractivity contribution < 1.29 is 4.74 Å². The summed E-state index contributed by atoms with van der Waals surface area (Å²) >= 11 is 5.65. The Morgan fingerprint density at radius 2 is 2.21 bits per heavy atom. The normalized spacial score (nSPS) is 16.5. The lowest BCUT2D eigenvalue weighted by Crippen LogP contribution is -2.44. The number of aryl methyl sites for hydroxylation is 2. The first kappa shape index (κ1) is 20.8. The van der Waals surface area contributed by atoms with Gasteiger partial charge in [-0.05, 0) is 67.9 Å². The van der Waals surface area contributed by atoms with Crippen LogP contribution in [0, 0.1) is 13.8 Å². The molecule has 1 aliphatic heterocycles. The van der Waals surface area contributed by atoms with E-state index in [1.807, 2.05) is 13.0 Å². The van der Waals surface area contributed by atoms with Gasteiger partial charge >= 0.3 is 0 Å². The highest BCUT2D eigenvalue weighted by atomic mass is 32.1. The van der Waals surface area contributed by atoms with Gasteiger partial charge in [0.1, 0.15) is 0 Å².